The van der Waals surface area contributed by atoms with Crippen molar-refractivity contribution >= 4 is 11.0 Å². The van der Waals surface area contributed by atoms with E-state index in [9.17, 15) is 0 Å². The van der Waals surface area contributed by atoms with Crippen molar-refractivity contribution < 1.29 is 0 Å². The second-order valence-corrected chi connectivity index (χ2v) is 3.64. The van der Waals surface area contributed by atoms with Gasteiger partial charge in [-0.15, -0.1) is 0 Å². The minimum Gasteiger partial charge on any atom is -0.334 e. The number of imidazole rings is 1. The Balaban J connectivity index is 2.16. The first kappa shape index (κ1) is 10.1. The minimum atomic E-state index is 0.672. The second-order valence-electron chi connectivity index (χ2n) is 3.64. The van der Waals surface area contributed by atoms with E-state index in [4.69, 9.17) is 5.73 Å². The van der Waals surface area contributed by atoms with Gasteiger partial charge in [0, 0.05) is 26.7 Å². The number of hydrogen-bond donors (Lipinski definition) is 2. The number of hydrogen-bond acceptors (Lipinski definition) is 3. The molecule has 15 heavy (non-hydrogen) atoms. The molecular formula is C11H16N4. The van der Waals surface area contributed by atoms with Crippen LogP contribution in [-0.4, -0.2) is 22.6 Å². The van der Waals surface area contributed by atoms with Crippen LogP contribution in [0.3, 0.4) is 0 Å². The molecule has 0 aliphatic carbocycles. The Labute approximate surface area is 89.1 Å². The molecule has 3 N–H and O–H groups in total. The normalized spacial score (nSPS) is 11.1. The van der Waals surface area contributed by atoms with Crippen molar-refractivity contribution in [2.24, 2.45) is 12.8 Å². The molecule has 0 bridgehead atoms. The van der Waals surface area contributed by atoms with Crippen molar-refractivity contribution in [2.75, 3.05) is 13.1 Å². The second kappa shape index (κ2) is 4.42. The van der Waals surface area contributed by atoms with E-state index in [1.54, 1.807) is 0 Å². The van der Waals surface area contributed by atoms with E-state index < -0.39 is 0 Å². The first-order chi connectivity index (χ1) is 7.31. The fourth-order valence-electron chi connectivity index (χ4n) is 1.63. The number of nitrogens with one attached hydrogen (secondary N) is 1. The number of aromatic nitrogens is 2. The summed E-state index contributed by atoms with van der Waals surface area (Å²) in [5.74, 6) is 0. The summed E-state index contributed by atoms with van der Waals surface area (Å²) in [6, 6.07) is 6.33. The summed E-state index contributed by atoms with van der Waals surface area (Å²) in [6.07, 6.45) is 1.84. The maximum Gasteiger partial charge on any atom is 0.0955 e. The highest BCUT2D eigenvalue weighted by atomic mass is 15.0. The maximum atomic E-state index is 5.41. The number of aryl methyl sites for hydroxylation is 1. The van der Waals surface area contributed by atoms with E-state index >= 15 is 0 Å². The van der Waals surface area contributed by atoms with Crippen LogP contribution in [0.5, 0.6) is 0 Å². The molecule has 1 aromatic carbocycles. The molecule has 1 aromatic heterocycles. The first-order valence-corrected chi connectivity index (χ1v) is 5.12. The third-order valence-corrected chi connectivity index (χ3v) is 2.44. The quantitative estimate of drug-likeness (QED) is 0.718. The van der Waals surface area contributed by atoms with E-state index in [-0.39, 0.29) is 0 Å². The zero-order valence-corrected chi connectivity index (χ0v) is 8.90. The van der Waals surface area contributed by atoms with E-state index in [0.717, 1.165) is 24.1 Å². The molecule has 0 saturated carbocycles. The highest BCUT2D eigenvalue weighted by Gasteiger charge is 2.00. The summed E-state index contributed by atoms with van der Waals surface area (Å²) in [5, 5.41) is 3.26. The summed E-state index contributed by atoms with van der Waals surface area (Å²) in [7, 11) is 2.00. The average Bonchev–Trinajstić information content (AvgIpc) is 2.61. The summed E-state index contributed by atoms with van der Waals surface area (Å²) in [4.78, 5) is 4.32. The van der Waals surface area contributed by atoms with Crippen LogP contribution in [-0.2, 0) is 13.6 Å². The van der Waals surface area contributed by atoms with Crippen LogP contribution in [0.2, 0.25) is 0 Å². The fraction of sp³-hybridized carbons (Fsp3) is 0.364. The lowest BCUT2D eigenvalue weighted by Crippen LogP contribution is -2.21. The third-order valence-electron chi connectivity index (χ3n) is 2.44. The van der Waals surface area contributed by atoms with Crippen LogP contribution in [0, 0.1) is 0 Å². The number of fused-ring (bicyclic) bond motifs is 1. The van der Waals surface area contributed by atoms with Gasteiger partial charge in [0.25, 0.3) is 0 Å². The molecule has 4 heteroatoms. The molecule has 0 atom stereocenters. The molecular weight excluding hydrogens is 188 g/mol. The van der Waals surface area contributed by atoms with Crippen molar-refractivity contribution in [1.29, 1.82) is 0 Å². The number of rotatable bonds is 4. The lowest BCUT2D eigenvalue weighted by Gasteiger charge is -2.03. The smallest absolute Gasteiger partial charge is 0.0955 e. The Hall–Kier alpha value is -1.39. The van der Waals surface area contributed by atoms with Crippen LogP contribution >= 0.6 is 0 Å². The van der Waals surface area contributed by atoms with Gasteiger partial charge in [-0.3, -0.25) is 0 Å². The van der Waals surface area contributed by atoms with E-state index in [2.05, 4.69) is 28.5 Å². The van der Waals surface area contributed by atoms with Gasteiger partial charge in [-0.1, -0.05) is 6.07 Å². The van der Waals surface area contributed by atoms with Gasteiger partial charge in [0.05, 0.1) is 17.4 Å². The summed E-state index contributed by atoms with van der Waals surface area (Å²) in [5.41, 5.74) is 8.86. The molecule has 0 unspecified atom stereocenters. The zero-order valence-electron chi connectivity index (χ0n) is 8.90. The lowest BCUT2D eigenvalue weighted by molar-refractivity contribution is 0.695. The summed E-state index contributed by atoms with van der Waals surface area (Å²) >= 11 is 0. The van der Waals surface area contributed by atoms with Crippen molar-refractivity contribution in [1.82, 2.24) is 14.9 Å². The van der Waals surface area contributed by atoms with Crippen molar-refractivity contribution in [3.63, 3.8) is 0 Å². The molecule has 2 rings (SSSR count). The predicted molar refractivity (Wildman–Crippen MR) is 61.5 cm³/mol. The molecule has 0 aliphatic heterocycles. The minimum absolute atomic E-state index is 0.672. The Morgan fingerprint density at radius 3 is 3.13 bits per heavy atom. The van der Waals surface area contributed by atoms with Crippen molar-refractivity contribution in [2.45, 2.75) is 6.54 Å². The monoisotopic (exact) mass is 204 g/mol. The van der Waals surface area contributed by atoms with Crippen LogP contribution in [0.25, 0.3) is 11.0 Å². The predicted octanol–water partition coefficient (Wildman–Crippen LogP) is 0.622. The van der Waals surface area contributed by atoms with Crippen LogP contribution in [0.4, 0.5) is 0 Å². The summed E-state index contributed by atoms with van der Waals surface area (Å²) < 4.78 is 2.02. The van der Waals surface area contributed by atoms with Crippen LogP contribution in [0.1, 0.15) is 5.56 Å². The Kier molecular flexibility index (Phi) is 2.99. The van der Waals surface area contributed by atoms with Gasteiger partial charge in [0.1, 0.15) is 0 Å². The number of nitrogens with zero attached hydrogens (tertiary/aromatic N) is 2. The van der Waals surface area contributed by atoms with Crippen molar-refractivity contribution in [3.05, 3.63) is 30.1 Å². The molecule has 4 nitrogen and oxygen atoms in total. The van der Waals surface area contributed by atoms with Gasteiger partial charge in [-0.05, 0) is 17.7 Å². The highest BCUT2D eigenvalue weighted by molar-refractivity contribution is 5.75. The fourth-order valence-corrected chi connectivity index (χ4v) is 1.63. The first-order valence-electron chi connectivity index (χ1n) is 5.12. The third kappa shape index (κ3) is 2.16. The van der Waals surface area contributed by atoms with Gasteiger partial charge in [-0.2, -0.15) is 0 Å². The molecule has 0 amide bonds. The van der Waals surface area contributed by atoms with Crippen molar-refractivity contribution in [3.8, 4) is 0 Å². The zero-order chi connectivity index (χ0) is 10.7. The van der Waals surface area contributed by atoms with Crippen LogP contribution < -0.4 is 11.1 Å². The Morgan fingerprint density at radius 2 is 2.33 bits per heavy atom. The molecule has 0 saturated heterocycles. The maximum absolute atomic E-state index is 5.41. The molecule has 0 radical (unpaired) electrons. The van der Waals surface area contributed by atoms with Crippen LogP contribution in [0.15, 0.2) is 24.5 Å². The molecule has 2 aromatic rings. The molecule has 0 spiro atoms. The molecule has 0 fully saturated rings. The van der Waals surface area contributed by atoms with Gasteiger partial charge in [0.2, 0.25) is 0 Å². The number of benzene rings is 1. The average molecular weight is 204 g/mol. The Bertz CT molecular complexity index is 447. The standard InChI is InChI=1S/C11H16N4/c1-15-8-14-10-6-9(2-3-11(10)15)7-13-5-4-12/h2-3,6,8,13H,4-5,7,12H2,1H3. The SMILES string of the molecule is Cn1cnc2cc(CNCCN)ccc21. The van der Waals surface area contributed by atoms with E-state index in [0.29, 0.717) is 6.54 Å². The van der Waals surface area contributed by atoms with Gasteiger partial charge in [0.15, 0.2) is 0 Å². The van der Waals surface area contributed by atoms with Gasteiger partial charge < -0.3 is 15.6 Å². The van der Waals surface area contributed by atoms with Gasteiger partial charge >= 0.3 is 0 Å². The number of nitrogens with two attached hydrogens (primary N) is 1. The highest BCUT2D eigenvalue weighted by Crippen LogP contribution is 2.13. The molecule has 1 heterocycles. The topological polar surface area (TPSA) is 55.9 Å². The van der Waals surface area contributed by atoms with E-state index in [1.165, 1.54) is 5.56 Å². The lowest BCUT2D eigenvalue weighted by atomic mass is 10.2. The molecule has 80 valence electrons. The Morgan fingerprint density at radius 1 is 1.47 bits per heavy atom. The molecule has 0 aliphatic rings. The summed E-state index contributed by atoms with van der Waals surface area (Å²) in [6.45, 7) is 2.37. The van der Waals surface area contributed by atoms with E-state index in [1.807, 2.05) is 17.9 Å². The van der Waals surface area contributed by atoms with Gasteiger partial charge in [-0.25, -0.2) is 4.98 Å². The largest absolute Gasteiger partial charge is 0.334 e.